The van der Waals surface area contributed by atoms with Crippen LogP contribution in [-0.2, 0) is 6.42 Å². The Balaban J connectivity index is 2.14. The van der Waals surface area contributed by atoms with Crippen LogP contribution in [-0.4, -0.2) is 5.11 Å². The summed E-state index contributed by atoms with van der Waals surface area (Å²) in [6.07, 6.45) is 8.21. The Labute approximate surface area is 127 Å². The molecule has 0 saturated carbocycles. The van der Waals surface area contributed by atoms with Crippen LogP contribution >= 0.6 is 0 Å². The highest BCUT2D eigenvalue weighted by Gasteiger charge is 2.02. The van der Waals surface area contributed by atoms with Crippen molar-refractivity contribution >= 4 is 12.2 Å². The molecule has 1 nitrogen and oxygen atoms in total. The van der Waals surface area contributed by atoms with Gasteiger partial charge < -0.3 is 5.11 Å². The van der Waals surface area contributed by atoms with Crippen molar-refractivity contribution in [3.63, 3.8) is 0 Å². The van der Waals surface area contributed by atoms with E-state index < -0.39 is 0 Å². The molecule has 0 bridgehead atoms. The van der Waals surface area contributed by atoms with Gasteiger partial charge in [-0.15, -0.1) is 6.58 Å². The second-order valence-electron chi connectivity index (χ2n) is 5.33. The number of rotatable bonds is 5. The van der Waals surface area contributed by atoms with E-state index in [1.165, 1.54) is 11.1 Å². The van der Waals surface area contributed by atoms with E-state index in [1.807, 2.05) is 26.0 Å². The van der Waals surface area contributed by atoms with Gasteiger partial charge in [-0.05, 0) is 60.6 Å². The number of phenolic OH excluding ortho intramolecular Hbond substituents is 1. The van der Waals surface area contributed by atoms with Crippen molar-refractivity contribution in [3.05, 3.63) is 76.9 Å². The van der Waals surface area contributed by atoms with Gasteiger partial charge in [0.15, 0.2) is 0 Å². The maximum Gasteiger partial charge on any atom is 0.118 e. The van der Waals surface area contributed by atoms with Crippen molar-refractivity contribution in [2.24, 2.45) is 0 Å². The smallest absolute Gasteiger partial charge is 0.118 e. The van der Waals surface area contributed by atoms with Crippen molar-refractivity contribution in [1.82, 2.24) is 0 Å². The topological polar surface area (TPSA) is 20.2 Å². The molecule has 0 heterocycles. The maximum atomic E-state index is 9.68. The van der Waals surface area contributed by atoms with E-state index in [0.717, 1.165) is 29.5 Å². The van der Waals surface area contributed by atoms with Crippen LogP contribution in [0.4, 0.5) is 0 Å². The van der Waals surface area contributed by atoms with Gasteiger partial charge in [-0.1, -0.05) is 48.6 Å². The minimum atomic E-state index is 0.358. The molecule has 21 heavy (non-hydrogen) atoms. The Morgan fingerprint density at radius 1 is 0.952 bits per heavy atom. The molecular weight excluding hydrogens is 256 g/mol. The molecule has 1 N–H and O–H groups in total. The lowest BCUT2D eigenvalue weighted by Crippen LogP contribution is -1.86. The molecule has 2 aromatic rings. The molecule has 0 unspecified atom stereocenters. The summed E-state index contributed by atoms with van der Waals surface area (Å²) in [7, 11) is 0. The van der Waals surface area contributed by atoms with Crippen LogP contribution in [0, 0.1) is 13.8 Å². The Kier molecular flexibility index (Phi) is 4.99. The Morgan fingerprint density at radius 2 is 1.67 bits per heavy atom. The Hall–Kier alpha value is -2.28. The third kappa shape index (κ3) is 3.85. The van der Waals surface area contributed by atoms with Gasteiger partial charge in [-0.25, -0.2) is 0 Å². The molecule has 0 aliphatic carbocycles. The number of benzene rings is 2. The van der Waals surface area contributed by atoms with E-state index in [-0.39, 0.29) is 0 Å². The molecule has 0 aliphatic rings. The summed E-state index contributed by atoms with van der Waals surface area (Å²) >= 11 is 0. The van der Waals surface area contributed by atoms with E-state index in [1.54, 1.807) is 6.07 Å². The molecule has 0 aliphatic heterocycles. The zero-order chi connectivity index (χ0) is 15.2. The molecule has 0 radical (unpaired) electrons. The Bertz CT molecular complexity index is 648. The third-order valence-electron chi connectivity index (χ3n) is 3.87. The molecule has 108 valence electrons. The van der Waals surface area contributed by atoms with Crippen LogP contribution < -0.4 is 0 Å². The summed E-state index contributed by atoms with van der Waals surface area (Å²) in [4.78, 5) is 0. The van der Waals surface area contributed by atoms with Gasteiger partial charge in [0.25, 0.3) is 0 Å². The van der Waals surface area contributed by atoms with Crippen molar-refractivity contribution in [3.8, 4) is 5.75 Å². The van der Waals surface area contributed by atoms with E-state index in [4.69, 9.17) is 0 Å². The van der Waals surface area contributed by atoms with Gasteiger partial charge in [0.05, 0.1) is 0 Å². The van der Waals surface area contributed by atoms with Gasteiger partial charge in [0.1, 0.15) is 5.75 Å². The summed E-state index contributed by atoms with van der Waals surface area (Å²) in [5, 5.41) is 9.68. The van der Waals surface area contributed by atoms with E-state index in [0.29, 0.717) is 5.75 Å². The predicted octanol–water partition coefficient (Wildman–Crippen LogP) is 5.30. The number of hydrogen-bond acceptors (Lipinski definition) is 1. The quantitative estimate of drug-likeness (QED) is 0.581. The highest BCUT2D eigenvalue weighted by atomic mass is 16.3. The van der Waals surface area contributed by atoms with Crippen LogP contribution in [0.5, 0.6) is 5.75 Å². The monoisotopic (exact) mass is 278 g/mol. The molecule has 2 aromatic carbocycles. The van der Waals surface area contributed by atoms with E-state index in [2.05, 4.69) is 43.0 Å². The van der Waals surface area contributed by atoms with Crippen molar-refractivity contribution < 1.29 is 5.11 Å². The van der Waals surface area contributed by atoms with Crippen LogP contribution in [0.3, 0.4) is 0 Å². The fourth-order valence-electron chi connectivity index (χ4n) is 2.26. The first kappa shape index (κ1) is 15.1. The number of hydrogen-bond donors (Lipinski definition) is 1. The van der Waals surface area contributed by atoms with Crippen LogP contribution in [0.2, 0.25) is 0 Å². The average molecular weight is 278 g/mol. The largest absolute Gasteiger partial charge is 0.508 e. The van der Waals surface area contributed by atoms with Crippen LogP contribution in [0.25, 0.3) is 12.2 Å². The highest BCUT2D eigenvalue weighted by molar-refractivity contribution is 5.72. The molecule has 0 saturated heterocycles. The summed E-state index contributed by atoms with van der Waals surface area (Å²) in [6, 6.07) is 12.3. The van der Waals surface area contributed by atoms with Crippen molar-refractivity contribution in [2.75, 3.05) is 0 Å². The van der Waals surface area contributed by atoms with Crippen LogP contribution in [0.1, 0.15) is 34.2 Å². The molecule has 2 rings (SSSR count). The van der Waals surface area contributed by atoms with E-state index in [9.17, 15) is 5.11 Å². The second kappa shape index (κ2) is 6.94. The number of aromatic hydroxyl groups is 1. The zero-order valence-electron chi connectivity index (χ0n) is 12.8. The molecule has 0 amide bonds. The predicted molar refractivity (Wildman–Crippen MR) is 91.5 cm³/mol. The lowest BCUT2D eigenvalue weighted by Gasteiger charge is -2.06. The zero-order valence-corrected chi connectivity index (χ0v) is 12.8. The van der Waals surface area contributed by atoms with Crippen LogP contribution in [0.15, 0.2) is 49.1 Å². The minimum Gasteiger partial charge on any atom is -0.508 e. The lowest BCUT2D eigenvalue weighted by atomic mass is 10.0. The van der Waals surface area contributed by atoms with E-state index >= 15 is 0 Å². The highest BCUT2D eigenvalue weighted by Crippen LogP contribution is 2.24. The fourth-order valence-corrected chi connectivity index (χ4v) is 2.26. The first-order valence-corrected chi connectivity index (χ1v) is 7.29. The summed E-state index contributed by atoms with van der Waals surface area (Å²) in [5.74, 6) is 0.358. The first-order valence-electron chi connectivity index (χ1n) is 7.29. The molecular formula is C20H22O. The Morgan fingerprint density at radius 3 is 2.33 bits per heavy atom. The molecule has 1 heteroatoms. The van der Waals surface area contributed by atoms with Crippen molar-refractivity contribution in [1.29, 1.82) is 0 Å². The fraction of sp³-hybridized carbons (Fsp3) is 0.200. The SMILES string of the molecule is C=CCCc1ccc(/C=C/c2ccc(O)c(C)c2C)cc1. The van der Waals surface area contributed by atoms with Gasteiger partial charge in [-0.2, -0.15) is 0 Å². The maximum absolute atomic E-state index is 9.68. The van der Waals surface area contributed by atoms with Crippen molar-refractivity contribution in [2.45, 2.75) is 26.7 Å². The van der Waals surface area contributed by atoms with Gasteiger partial charge in [0.2, 0.25) is 0 Å². The van der Waals surface area contributed by atoms with Gasteiger partial charge in [-0.3, -0.25) is 0 Å². The summed E-state index contributed by atoms with van der Waals surface area (Å²) in [6.45, 7) is 7.72. The first-order chi connectivity index (χ1) is 10.1. The third-order valence-corrected chi connectivity index (χ3v) is 3.87. The summed E-state index contributed by atoms with van der Waals surface area (Å²) in [5.41, 5.74) is 5.72. The summed E-state index contributed by atoms with van der Waals surface area (Å²) < 4.78 is 0. The standard InChI is InChI=1S/C20H22O/c1-4-5-6-17-7-9-18(10-8-17)11-12-19-13-14-20(21)16(3)15(19)2/h4,7-14,21H,1,5-6H2,2-3H3/b12-11+. The lowest BCUT2D eigenvalue weighted by molar-refractivity contribution is 0.470. The minimum absolute atomic E-state index is 0.358. The van der Waals surface area contributed by atoms with Gasteiger partial charge in [0, 0.05) is 0 Å². The number of phenols is 1. The average Bonchev–Trinajstić information content (AvgIpc) is 2.51. The van der Waals surface area contributed by atoms with Gasteiger partial charge >= 0.3 is 0 Å². The number of allylic oxidation sites excluding steroid dienone is 1. The normalized spacial score (nSPS) is 11.0. The molecule has 0 spiro atoms. The molecule has 0 atom stereocenters. The molecule has 0 fully saturated rings. The number of aryl methyl sites for hydroxylation is 1. The second-order valence-corrected chi connectivity index (χ2v) is 5.33. The molecule has 0 aromatic heterocycles.